The smallest absolute Gasteiger partial charge is 0.277 e. The number of fused-ring (bicyclic) bond motifs is 1. The van der Waals surface area contributed by atoms with Gasteiger partial charge < -0.3 is 14.6 Å². The van der Waals surface area contributed by atoms with Gasteiger partial charge in [0.15, 0.2) is 5.52 Å². The molecule has 2 atom stereocenters. The van der Waals surface area contributed by atoms with Crippen LogP contribution in [0.15, 0.2) is 27.9 Å². The number of H-pyrrole nitrogens is 1. The van der Waals surface area contributed by atoms with E-state index in [1.54, 1.807) is 19.0 Å². The summed E-state index contributed by atoms with van der Waals surface area (Å²) in [6.07, 6.45) is -1.92. The Bertz CT molecular complexity index is 1590. The maximum absolute atomic E-state index is 13.4. The van der Waals surface area contributed by atoms with E-state index in [9.17, 15) is 13.2 Å². The highest BCUT2D eigenvalue weighted by atomic mass is 32.2. The van der Waals surface area contributed by atoms with Gasteiger partial charge in [0.2, 0.25) is 10.0 Å². The summed E-state index contributed by atoms with van der Waals surface area (Å²) in [4.78, 5) is 21.9. The van der Waals surface area contributed by atoms with Gasteiger partial charge in [0.1, 0.15) is 17.1 Å². The van der Waals surface area contributed by atoms with E-state index in [0.717, 1.165) is 6.42 Å². The van der Waals surface area contributed by atoms with Crippen molar-refractivity contribution in [3.8, 4) is 17.1 Å². The van der Waals surface area contributed by atoms with Gasteiger partial charge in [-0.05, 0) is 63.8 Å². The second kappa shape index (κ2) is 11.1. The summed E-state index contributed by atoms with van der Waals surface area (Å²) in [5.41, 5.74) is 0.223. The molecule has 0 spiro atoms. The average Bonchev–Trinajstić information content (AvgIpc) is 3.44. The number of ether oxygens (including phenoxy) is 1. The molecule has 0 bridgehead atoms. The van der Waals surface area contributed by atoms with E-state index in [4.69, 9.17) is 11.6 Å². The van der Waals surface area contributed by atoms with Crippen molar-refractivity contribution in [2.24, 2.45) is 7.05 Å². The van der Waals surface area contributed by atoms with Crippen molar-refractivity contribution in [1.29, 1.82) is 0 Å². The first-order chi connectivity index (χ1) is 19.0. The minimum absolute atomic E-state index is 0.00176. The number of hydrogen-bond donors (Lipinski definition) is 2. The van der Waals surface area contributed by atoms with Gasteiger partial charge >= 0.3 is 0 Å². The quantitative estimate of drug-likeness (QED) is 0.398. The zero-order valence-electron chi connectivity index (χ0n) is 26.0. The van der Waals surface area contributed by atoms with Gasteiger partial charge in [0.05, 0.1) is 22.8 Å². The molecule has 1 aliphatic rings. The number of sulfonamides is 1. The van der Waals surface area contributed by atoms with Crippen LogP contribution in [0.2, 0.25) is 0 Å². The molecule has 0 saturated carbocycles. The SMILES string of the molecule is [2H]C(NS(=O)(=O)c1ccc(OCCC)c(-c2nc3c(CC([2H])([2H])C)nn(C)c3c(=O)[nH]2)c1)C([2H])([2H])C1CCCN1C. The van der Waals surface area contributed by atoms with Crippen molar-refractivity contribution in [3.05, 3.63) is 34.2 Å². The van der Waals surface area contributed by atoms with Crippen LogP contribution in [0, 0.1) is 0 Å². The predicted octanol–water partition coefficient (Wildman–Crippen LogP) is 2.83. The van der Waals surface area contributed by atoms with Crippen molar-refractivity contribution in [1.82, 2.24) is 29.4 Å². The zero-order valence-corrected chi connectivity index (χ0v) is 21.8. The number of aryl methyl sites for hydroxylation is 2. The van der Waals surface area contributed by atoms with E-state index < -0.39 is 40.9 Å². The van der Waals surface area contributed by atoms with Crippen molar-refractivity contribution >= 4 is 21.1 Å². The highest BCUT2D eigenvalue weighted by molar-refractivity contribution is 7.89. The monoisotopic (exact) mass is 521 g/mol. The summed E-state index contributed by atoms with van der Waals surface area (Å²) >= 11 is 0. The molecule has 0 amide bonds. The van der Waals surface area contributed by atoms with E-state index in [-0.39, 0.29) is 45.2 Å². The van der Waals surface area contributed by atoms with E-state index in [0.29, 0.717) is 26.0 Å². The Morgan fingerprint density at radius 1 is 1.31 bits per heavy atom. The highest BCUT2D eigenvalue weighted by Gasteiger charge is 2.23. The lowest BCUT2D eigenvalue weighted by Gasteiger charge is -2.19. The number of aromatic nitrogens is 4. The second-order valence-corrected chi connectivity index (χ2v) is 10.5. The molecule has 0 radical (unpaired) electrons. The molecule has 10 nitrogen and oxygen atoms in total. The van der Waals surface area contributed by atoms with E-state index in [2.05, 4.69) is 19.8 Å². The number of hydrogen-bond acceptors (Lipinski definition) is 7. The number of benzene rings is 1. The van der Waals surface area contributed by atoms with Gasteiger partial charge in [0.25, 0.3) is 5.56 Å². The minimum atomic E-state index is -4.38. The molecule has 36 heavy (non-hydrogen) atoms. The summed E-state index contributed by atoms with van der Waals surface area (Å²) in [7, 11) is -1.06. The highest BCUT2D eigenvalue weighted by Crippen LogP contribution is 2.31. The standard InChI is InChI=1S/C25H36N6O4S/c1-5-8-20-22-23(31(4)29-20)25(32)28-24(27-22)19-16-18(10-11-21(19)35-15-6-2)36(33,34)26-13-12-17-9-7-14-30(17)3/h10-11,16-17,26H,5-9,12-15H2,1-4H3,(H,27,28,32)/i5D2,12D2,13D. The number of nitrogens with zero attached hydrogens (tertiary/aromatic N) is 4. The molecule has 4 rings (SSSR count). The molecular formula is C25H36N6O4S. The van der Waals surface area contributed by atoms with Gasteiger partial charge in [-0.1, -0.05) is 20.2 Å². The third kappa shape index (κ3) is 5.47. The van der Waals surface area contributed by atoms with E-state index in [1.165, 1.54) is 29.8 Å². The average molecular weight is 522 g/mol. The van der Waals surface area contributed by atoms with Crippen molar-refractivity contribution in [3.63, 3.8) is 0 Å². The van der Waals surface area contributed by atoms with Gasteiger partial charge in [-0.3, -0.25) is 9.48 Å². The minimum Gasteiger partial charge on any atom is -0.493 e. The molecular weight excluding hydrogens is 480 g/mol. The Morgan fingerprint density at radius 3 is 2.81 bits per heavy atom. The molecule has 2 aromatic heterocycles. The first-order valence-electron chi connectivity index (χ1n) is 14.5. The Kier molecular flexibility index (Phi) is 6.26. The van der Waals surface area contributed by atoms with Crippen LogP contribution in [0.3, 0.4) is 0 Å². The third-order valence-corrected chi connectivity index (χ3v) is 7.40. The van der Waals surface area contributed by atoms with Crippen molar-refractivity contribution in [2.75, 3.05) is 26.7 Å². The van der Waals surface area contributed by atoms with Gasteiger partial charge in [-0.25, -0.2) is 18.1 Å². The van der Waals surface area contributed by atoms with Gasteiger partial charge in [-0.15, -0.1) is 0 Å². The Labute approximate surface area is 219 Å². The normalized spacial score (nSPS) is 20.4. The second-order valence-electron chi connectivity index (χ2n) is 8.79. The van der Waals surface area contributed by atoms with Crippen LogP contribution in [0.5, 0.6) is 5.75 Å². The zero-order chi connectivity index (χ0) is 30.3. The molecule has 1 fully saturated rings. The maximum atomic E-state index is 13.4. The fourth-order valence-electron chi connectivity index (χ4n) is 4.26. The molecule has 196 valence electrons. The van der Waals surface area contributed by atoms with Crippen LogP contribution >= 0.6 is 0 Å². The molecule has 2 N–H and O–H groups in total. The third-order valence-electron chi connectivity index (χ3n) is 6.10. The van der Waals surface area contributed by atoms with E-state index >= 15 is 0 Å². The van der Waals surface area contributed by atoms with Crippen LogP contribution in [0.4, 0.5) is 0 Å². The van der Waals surface area contributed by atoms with Crippen LogP contribution in [0.25, 0.3) is 22.4 Å². The van der Waals surface area contributed by atoms with E-state index in [1.807, 2.05) is 6.92 Å². The summed E-state index contributed by atoms with van der Waals surface area (Å²) in [6, 6.07) is 3.38. The molecule has 1 aliphatic heterocycles. The lowest BCUT2D eigenvalue weighted by Crippen LogP contribution is -2.31. The topological polar surface area (TPSA) is 122 Å². The summed E-state index contributed by atoms with van der Waals surface area (Å²) in [5, 5.41) is 4.29. The first-order valence-corrected chi connectivity index (χ1v) is 13.4. The van der Waals surface area contributed by atoms with Crippen LogP contribution in [0.1, 0.15) is 58.4 Å². The Morgan fingerprint density at radius 2 is 2.11 bits per heavy atom. The van der Waals surface area contributed by atoms with Crippen molar-refractivity contribution < 1.29 is 20.0 Å². The van der Waals surface area contributed by atoms with Gasteiger partial charge in [-0.2, -0.15) is 5.10 Å². The summed E-state index contributed by atoms with van der Waals surface area (Å²) in [5.74, 6) is 0.261. The summed E-state index contributed by atoms with van der Waals surface area (Å²) < 4.78 is 77.4. The lowest BCUT2D eigenvalue weighted by atomic mass is 10.1. The first kappa shape index (κ1) is 20.3. The molecule has 0 aliphatic carbocycles. The van der Waals surface area contributed by atoms with Gasteiger partial charge in [0, 0.05) is 26.5 Å². The lowest BCUT2D eigenvalue weighted by molar-refractivity contribution is 0.297. The number of nitrogens with one attached hydrogen (secondary N) is 2. The molecule has 3 heterocycles. The summed E-state index contributed by atoms with van der Waals surface area (Å²) in [6.45, 7) is 2.51. The fourth-order valence-corrected chi connectivity index (χ4v) is 5.14. The number of rotatable bonds is 11. The van der Waals surface area contributed by atoms with Crippen molar-refractivity contribution in [2.45, 2.75) is 63.2 Å². The molecule has 2 unspecified atom stereocenters. The Balaban J connectivity index is 1.78. The van der Waals surface area contributed by atoms with Crippen LogP contribution in [-0.4, -0.2) is 65.8 Å². The molecule has 1 saturated heterocycles. The number of likely N-dealkylation sites (tertiary alicyclic amines) is 1. The van der Waals surface area contributed by atoms with Crippen LogP contribution in [-0.2, 0) is 23.5 Å². The maximum Gasteiger partial charge on any atom is 0.277 e. The molecule has 11 heteroatoms. The largest absolute Gasteiger partial charge is 0.493 e. The predicted molar refractivity (Wildman–Crippen MR) is 140 cm³/mol. The molecule has 3 aromatic rings. The number of aromatic amines is 1. The fraction of sp³-hybridized carbons (Fsp3) is 0.560. The molecule has 1 aromatic carbocycles. The Hall–Kier alpha value is -2.76. The van der Waals surface area contributed by atoms with Crippen LogP contribution < -0.4 is 15.0 Å².